The van der Waals surface area contributed by atoms with Crippen LogP contribution in [-0.2, 0) is 0 Å². The average Bonchev–Trinajstić information content (AvgIpc) is 2.25. The fourth-order valence-electron chi connectivity index (χ4n) is 1.16. The highest BCUT2D eigenvalue weighted by Crippen LogP contribution is 2.12. The Kier molecular flexibility index (Phi) is 4.98. The predicted molar refractivity (Wildman–Crippen MR) is 64.7 cm³/mol. The fraction of sp³-hybridized carbons (Fsp3) is 0.636. The third-order valence-corrected chi connectivity index (χ3v) is 2.01. The van der Waals surface area contributed by atoms with Crippen molar-refractivity contribution in [3.05, 3.63) is 11.8 Å². The molecule has 0 spiro atoms. The van der Waals surface area contributed by atoms with Crippen LogP contribution in [0.25, 0.3) is 0 Å². The summed E-state index contributed by atoms with van der Waals surface area (Å²) in [6, 6.07) is 1.98. The van der Waals surface area contributed by atoms with Crippen molar-refractivity contribution >= 4 is 5.95 Å². The number of nitrogens with two attached hydrogens (primary N) is 1. The summed E-state index contributed by atoms with van der Waals surface area (Å²) >= 11 is 0. The number of rotatable bonds is 6. The molecular weight excluding hydrogens is 204 g/mol. The van der Waals surface area contributed by atoms with Gasteiger partial charge in [-0.3, -0.25) is 0 Å². The molecule has 0 bridgehead atoms. The molecule has 0 fully saturated rings. The molecule has 1 aromatic heterocycles. The van der Waals surface area contributed by atoms with Crippen LogP contribution in [0.4, 0.5) is 5.95 Å². The largest absolute Gasteiger partial charge is 0.478 e. The summed E-state index contributed by atoms with van der Waals surface area (Å²) in [6.07, 6.45) is 0.963. The smallest absolute Gasteiger partial charge is 0.226 e. The summed E-state index contributed by atoms with van der Waals surface area (Å²) in [5.74, 6) is 1.19. The van der Waals surface area contributed by atoms with Crippen molar-refractivity contribution in [1.82, 2.24) is 9.97 Å². The Labute approximate surface area is 96.4 Å². The van der Waals surface area contributed by atoms with E-state index in [1.165, 1.54) is 0 Å². The van der Waals surface area contributed by atoms with E-state index in [-0.39, 0.29) is 6.04 Å². The molecular formula is C11H20N4O. The zero-order chi connectivity index (χ0) is 12.0. The molecule has 90 valence electrons. The van der Waals surface area contributed by atoms with Crippen molar-refractivity contribution in [2.75, 3.05) is 18.5 Å². The van der Waals surface area contributed by atoms with Crippen LogP contribution in [0.3, 0.4) is 0 Å². The van der Waals surface area contributed by atoms with Crippen LogP contribution in [-0.4, -0.2) is 29.2 Å². The minimum atomic E-state index is 0.154. The number of nitrogens with zero attached hydrogens (tertiary/aromatic N) is 2. The van der Waals surface area contributed by atoms with Crippen molar-refractivity contribution in [2.24, 2.45) is 5.73 Å². The van der Waals surface area contributed by atoms with Gasteiger partial charge in [0.05, 0.1) is 6.61 Å². The molecule has 1 rings (SSSR count). The van der Waals surface area contributed by atoms with Gasteiger partial charge in [0.1, 0.15) is 0 Å². The lowest BCUT2D eigenvalue weighted by Crippen LogP contribution is -2.26. The number of hydrogen-bond donors (Lipinski definition) is 2. The van der Waals surface area contributed by atoms with Crippen molar-refractivity contribution in [3.8, 4) is 5.88 Å². The standard InChI is InChI=1S/C11H20N4O/c1-4-5-16-10-6-8(2)13-11(15-10)14-9(3)7-12/h6,9H,4-5,7,12H2,1-3H3,(H,13,14,15). The number of aromatic nitrogens is 2. The quantitative estimate of drug-likeness (QED) is 0.762. The number of anilines is 1. The molecule has 1 aromatic rings. The Morgan fingerprint density at radius 3 is 2.88 bits per heavy atom. The normalized spacial score (nSPS) is 12.2. The van der Waals surface area contributed by atoms with E-state index in [1.807, 2.05) is 19.9 Å². The van der Waals surface area contributed by atoms with Gasteiger partial charge in [0.25, 0.3) is 0 Å². The molecule has 16 heavy (non-hydrogen) atoms. The molecule has 0 radical (unpaired) electrons. The molecule has 3 N–H and O–H groups in total. The highest BCUT2D eigenvalue weighted by atomic mass is 16.5. The molecule has 0 aromatic carbocycles. The second-order valence-corrected chi connectivity index (χ2v) is 3.80. The summed E-state index contributed by atoms with van der Waals surface area (Å²) in [6.45, 7) is 7.17. The van der Waals surface area contributed by atoms with Gasteiger partial charge < -0.3 is 15.8 Å². The van der Waals surface area contributed by atoms with E-state index in [0.717, 1.165) is 12.1 Å². The van der Waals surface area contributed by atoms with E-state index in [9.17, 15) is 0 Å². The Morgan fingerprint density at radius 2 is 2.25 bits per heavy atom. The third-order valence-electron chi connectivity index (χ3n) is 2.01. The van der Waals surface area contributed by atoms with Crippen molar-refractivity contribution < 1.29 is 4.74 Å². The number of ether oxygens (including phenoxy) is 1. The molecule has 0 aliphatic rings. The van der Waals surface area contributed by atoms with E-state index in [0.29, 0.717) is 25.0 Å². The Morgan fingerprint density at radius 1 is 1.50 bits per heavy atom. The highest BCUT2D eigenvalue weighted by molar-refractivity contribution is 5.31. The van der Waals surface area contributed by atoms with Gasteiger partial charge in [-0.2, -0.15) is 4.98 Å². The van der Waals surface area contributed by atoms with Crippen LogP contribution in [0.1, 0.15) is 26.0 Å². The summed E-state index contributed by atoms with van der Waals surface area (Å²) in [4.78, 5) is 8.53. The van der Waals surface area contributed by atoms with Gasteiger partial charge in [0, 0.05) is 24.3 Å². The molecule has 1 atom stereocenters. The van der Waals surface area contributed by atoms with Crippen LogP contribution < -0.4 is 15.8 Å². The second kappa shape index (κ2) is 6.27. The first-order valence-electron chi connectivity index (χ1n) is 5.60. The van der Waals surface area contributed by atoms with Crippen LogP contribution in [0.2, 0.25) is 0 Å². The van der Waals surface area contributed by atoms with Gasteiger partial charge >= 0.3 is 0 Å². The van der Waals surface area contributed by atoms with Gasteiger partial charge in [-0.25, -0.2) is 4.98 Å². The van der Waals surface area contributed by atoms with E-state index in [2.05, 4.69) is 22.2 Å². The molecule has 5 nitrogen and oxygen atoms in total. The lowest BCUT2D eigenvalue weighted by molar-refractivity contribution is 0.305. The van der Waals surface area contributed by atoms with E-state index in [4.69, 9.17) is 10.5 Å². The molecule has 0 saturated carbocycles. The van der Waals surface area contributed by atoms with Gasteiger partial charge in [-0.05, 0) is 20.3 Å². The van der Waals surface area contributed by atoms with Gasteiger partial charge in [0.2, 0.25) is 11.8 Å². The maximum absolute atomic E-state index is 5.53. The summed E-state index contributed by atoms with van der Waals surface area (Å²) < 4.78 is 5.47. The van der Waals surface area contributed by atoms with Crippen LogP contribution in [0.5, 0.6) is 5.88 Å². The minimum absolute atomic E-state index is 0.154. The monoisotopic (exact) mass is 224 g/mol. The zero-order valence-electron chi connectivity index (χ0n) is 10.2. The van der Waals surface area contributed by atoms with E-state index < -0.39 is 0 Å². The van der Waals surface area contributed by atoms with Crippen LogP contribution in [0, 0.1) is 6.92 Å². The summed E-state index contributed by atoms with van der Waals surface area (Å²) in [7, 11) is 0. The first kappa shape index (κ1) is 12.7. The number of hydrogen-bond acceptors (Lipinski definition) is 5. The lowest BCUT2D eigenvalue weighted by atomic mass is 10.3. The van der Waals surface area contributed by atoms with Gasteiger partial charge in [0.15, 0.2) is 0 Å². The molecule has 5 heteroatoms. The first-order chi connectivity index (χ1) is 7.65. The Balaban J connectivity index is 2.73. The SMILES string of the molecule is CCCOc1cc(C)nc(NC(C)CN)n1. The molecule has 0 aliphatic heterocycles. The predicted octanol–water partition coefficient (Wildman–Crippen LogP) is 1.33. The van der Waals surface area contributed by atoms with Crippen molar-refractivity contribution in [2.45, 2.75) is 33.2 Å². The summed E-state index contributed by atoms with van der Waals surface area (Å²) in [5.41, 5.74) is 6.41. The van der Waals surface area contributed by atoms with Crippen LogP contribution in [0.15, 0.2) is 6.07 Å². The average molecular weight is 224 g/mol. The Hall–Kier alpha value is -1.36. The van der Waals surface area contributed by atoms with Gasteiger partial charge in [-0.1, -0.05) is 6.92 Å². The third kappa shape index (κ3) is 4.02. The molecule has 1 heterocycles. The second-order valence-electron chi connectivity index (χ2n) is 3.80. The fourth-order valence-corrected chi connectivity index (χ4v) is 1.16. The van der Waals surface area contributed by atoms with E-state index >= 15 is 0 Å². The maximum Gasteiger partial charge on any atom is 0.226 e. The summed E-state index contributed by atoms with van der Waals surface area (Å²) in [5, 5.41) is 3.12. The maximum atomic E-state index is 5.53. The molecule has 0 aliphatic carbocycles. The lowest BCUT2D eigenvalue weighted by Gasteiger charge is -2.12. The highest BCUT2D eigenvalue weighted by Gasteiger charge is 2.05. The molecule has 0 saturated heterocycles. The zero-order valence-corrected chi connectivity index (χ0v) is 10.2. The van der Waals surface area contributed by atoms with Crippen molar-refractivity contribution in [3.63, 3.8) is 0 Å². The van der Waals surface area contributed by atoms with Gasteiger partial charge in [-0.15, -0.1) is 0 Å². The van der Waals surface area contributed by atoms with Crippen molar-refractivity contribution in [1.29, 1.82) is 0 Å². The molecule has 1 unspecified atom stereocenters. The topological polar surface area (TPSA) is 73.1 Å². The number of aryl methyl sites for hydroxylation is 1. The van der Waals surface area contributed by atoms with E-state index in [1.54, 1.807) is 0 Å². The molecule has 0 amide bonds. The Bertz CT molecular complexity index is 330. The first-order valence-corrected chi connectivity index (χ1v) is 5.60. The number of nitrogens with one attached hydrogen (secondary N) is 1. The van der Waals surface area contributed by atoms with Crippen LogP contribution >= 0.6 is 0 Å². The minimum Gasteiger partial charge on any atom is -0.478 e.